The average Bonchev–Trinajstić information content (AvgIpc) is 3.07. The third-order valence-electron chi connectivity index (χ3n) is 3.72. The zero-order chi connectivity index (χ0) is 13.5. The van der Waals surface area contributed by atoms with Crippen LogP contribution >= 0.6 is 0 Å². The van der Waals surface area contributed by atoms with Crippen LogP contribution in [0.15, 0.2) is 4.99 Å². The number of guanidine groups is 1. The van der Waals surface area contributed by atoms with Crippen LogP contribution < -0.4 is 5.32 Å². The molecule has 0 saturated carbocycles. The largest absolute Gasteiger partial charge is 0.381 e. The van der Waals surface area contributed by atoms with E-state index in [0.29, 0.717) is 12.0 Å². The number of nitrogens with zero attached hydrogens (tertiary/aromatic N) is 2. The number of hydrogen-bond acceptors (Lipinski definition) is 3. The summed E-state index contributed by atoms with van der Waals surface area (Å²) in [5.41, 5.74) is 0. The van der Waals surface area contributed by atoms with Gasteiger partial charge in [-0.2, -0.15) is 0 Å². The molecule has 2 aliphatic rings. The molecule has 0 spiro atoms. The molecule has 0 amide bonds. The van der Waals surface area contributed by atoms with Gasteiger partial charge >= 0.3 is 0 Å². The van der Waals surface area contributed by atoms with E-state index in [1.807, 2.05) is 0 Å². The fraction of sp³-hybridized carbons (Fsp3) is 0.929. The van der Waals surface area contributed by atoms with Gasteiger partial charge in [0.05, 0.1) is 19.3 Å². The van der Waals surface area contributed by atoms with Crippen molar-refractivity contribution in [1.82, 2.24) is 10.2 Å². The topological polar surface area (TPSA) is 46.1 Å². The van der Waals surface area contributed by atoms with Crippen molar-refractivity contribution in [2.24, 2.45) is 10.9 Å². The maximum absolute atomic E-state index is 5.62. The molecule has 0 aliphatic carbocycles. The Labute approximate surface area is 116 Å². The first-order valence-corrected chi connectivity index (χ1v) is 7.48. The third kappa shape index (κ3) is 4.66. The molecule has 2 rings (SSSR count). The van der Waals surface area contributed by atoms with E-state index in [0.717, 1.165) is 58.3 Å². The lowest BCUT2D eigenvalue weighted by atomic mass is 10.1. The van der Waals surface area contributed by atoms with Gasteiger partial charge in [0.15, 0.2) is 5.96 Å². The molecule has 5 heteroatoms. The fourth-order valence-electron chi connectivity index (χ4n) is 2.65. The Hall–Kier alpha value is -0.810. The Morgan fingerprint density at radius 3 is 2.89 bits per heavy atom. The molecule has 2 saturated heterocycles. The van der Waals surface area contributed by atoms with Crippen LogP contribution in [-0.2, 0) is 9.47 Å². The van der Waals surface area contributed by atoms with Crippen molar-refractivity contribution < 1.29 is 9.47 Å². The van der Waals surface area contributed by atoms with Gasteiger partial charge in [-0.3, -0.25) is 4.99 Å². The molecule has 0 aromatic carbocycles. The van der Waals surface area contributed by atoms with Gasteiger partial charge in [-0.15, -0.1) is 0 Å². The average molecular weight is 269 g/mol. The first-order valence-electron chi connectivity index (χ1n) is 7.48. The number of ether oxygens (including phenoxy) is 2. The monoisotopic (exact) mass is 269 g/mol. The lowest BCUT2D eigenvalue weighted by Gasteiger charge is -2.24. The minimum Gasteiger partial charge on any atom is -0.381 e. The molecule has 2 unspecified atom stereocenters. The van der Waals surface area contributed by atoms with E-state index in [2.05, 4.69) is 24.2 Å². The minimum atomic E-state index is 0.317. The molecule has 1 N–H and O–H groups in total. The highest BCUT2D eigenvalue weighted by Gasteiger charge is 2.20. The summed E-state index contributed by atoms with van der Waals surface area (Å²) in [5.74, 6) is 1.63. The number of rotatable bonds is 5. The van der Waals surface area contributed by atoms with Crippen LogP contribution in [0.4, 0.5) is 0 Å². The maximum Gasteiger partial charge on any atom is 0.193 e. The van der Waals surface area contributed by atoms with Crippen molar-refractivity contribution in [3.05, 3.63) is 0 Å². The van der Waals surface area contributed by atoms with Crippen LogP contribution in [0.5, 0.6) is 0 Å². The van der Waals surface area contributed by atoms with Gasteiger partial charge in [-0.25, -0.2) is 0 Å². The first-order chi connectivity index (χ1) is 9.29. The second-order valence-corrected chi connectivity index (χ2v) is 5.44. The van der Waals surface area contributed by atoms with E-state index in [9.17, 15) is 0 Å². The van der Waals surface area contributed by atoms with Gasteiger partial charge in [-0.05, 0) is 26.2 Å². The van der Waals surface area contributed by atoms with Crippen LogP contribution in [0.25, 0.3) is 0 Å². The zero-order valence-electron chi connectivity index (χ0n) is 12.2. The molecule has 0 radical (unpaired) electrons. The summed E-state index contributed by atoms with van der Waals surface area (Å²) in [6.45, 7) is 7.47. The number of aliphatic imine (C=N–C) groups is 1. The summed E-state index contributed by atoms with van der Waals surface area (Å²) in [5, 5.41) is 3.36. The van der Waals surface area contributed by atoms with Crippen molar-refractivity contribution in [2.75, 3.05) is 46.5 Å². The standard InChI is InChI=1S/C14H27N3O2/c1-3-15-14(16-9-13-5-4-7-19-13)17(2)10-12-6-8-18-11-12/h12-13H,3-11H2,1-2H3,(H,15,16). The number of nitrogens with one attached hydrogen (secondary N) is 1. The molecular weight excluding hydrogens is 242 g/mol. The normalized spacial score (nSPS) is 27.8. The Bertz CT molecular complexity index is 284. The van der Waals surface area contributed by atoms with Crippen LogP contribution in [0, 0.1) is 5.92 Å². The molecule has 110 valence electrons. The summed E-state index contributed by atoms with van der Waals surface area (Å²) < 4.78 is 11.1. The zero-order valence-corrected chi connectivity index (χ0v) is 12.2. The van der Waals surface area contributed by atoms with Crippen LogP contribution in [0.3, 0.4) is 0 Å². The molecule has 2 aliphatic heterocycles. The van der Waals surface area contributed by atoms with E-state index in [-0.39, 0.29) is 0 Å². The molecule has 0 bridgehead atoms. The van der Waals surface area contributed by atoms with Crippen molar-refractivity contribution in [3.63, 3.8) is 0 Å². The molecule has 5 nitrogen and oxygen atoms in total. The molecule has 2 atom stereocenters. The molecule has 0 aromatic rings. The lowest BCUT2D eigenvalue weighted by Crippen LogP contribution is -2.42. The quantitative estimate of drug-likeness (QED) is 0.600. The van der Waals surface area contributed by atoms with Gasteiger partial charge in [0.1, 0.15) is 0 Å². The molecule has 19 heavy (non-hydrogen) atoms. The Morgan fingerprint density at radius 2 is 2.26 bits per heavy atom. The minimum absolute atomic E-state index is 0.317. The highest BCUT2D eigenvalue weighted by molar-refractivity contribution is 5.79. The van der Waals surface area contributed by atoms with Crippen LogP contribution in [0.1, 0.15) is 26.2 Å². The van der Waals surface area contributed by atoms with Crippen molar-refractivity contribution >= 4 is 5.96 Å². The molecular formula is C14H27N3O2. The third-order valence-corrected chi connectivity index (χ3v) is 3.72. The molecule has 2 heterocycles. The van der Waals surface area contributed by atoms with E-state index in [4.69, 9.17) is 14.5 Å². The van der Waals surface area contributed by atoms with Crippen molar-refractivity contribution in [2.45, 2.75) is 32.3 Å². The Balaban J connectivity index is 1.83. The van der Waals surface area contributed by atoms with Gasteiger partial charge in [0.2, 0.25) is 0 Å². The predicted octanol–water partition coefficient (Wildman–Crippen LogP) is 1.10. The van der Waals surface area contributed by atoms with Gasteiger partial charge < -0.3 is 19.7 Å². The highest BCUT2D eigenvalue weighted by atomic mass is 16.5. The van der Waals surface area contributed by atoms with Gasteiger partial charge in [-0.1, -0.05) is 0 Å². The van der Waals surface area contributed by atoms with E-state index in [1.165, 1.54) is 6.42 Å². The lowest BCUT2D eigenvalue weighted by molar-refractivity contribution is 0.117. The summed E-state index contributed by atoms with van der Waals surface area (Å²) in [6, 6.07) is 0. The molecule has 0 aromatic heterocycles. The summed E-state index contributed by atoms with van der Waals surface area (Å²) >= 11 is 0. The summed E-state index contributed by atoms with van der Waals surface area (Å²) in [6.07, 6.45) is 3.79. The van der Waals surface area contributed by atoms with E-state index < -0.39 is 0 Å². The van der Waals surface area contributed by atoms with Crippen molar-refractivity contribution in [1.29, 1.82) is 0 Å². The van der Waals surface area contributed by atoms with E-state index in [1.54, 1.807) is 0 Å². The highest BCUT2D eigenvalue weighted by Crippen LogP contribution is 2.14. The van der Waals surface area contributed by atoms with Gasteiger partial charge in [0.25, 0.3) is 0 Å². The number of hydrogen-bond donors (Lipinski definition) is 1. The fourth-order valence-corrected chi connectivity index (χ4v) is 2.65. The maximum atomic E-state index is 5.62. The van der Waals surface area contributed by atoms with E-state index >= 15 is 0 Å². The van der Waals surface area contributed by atoms with Crippen LogP contribution in [-0.4, -0.2) is 63.5 Å². The second-order valence-electron chi connectivity index (χ2n) is 5.44. The van der Waals surface area contributed by atoms with Crippen molar-refractivity contribution in [3.8, 4) is 0 Å². The predicted molar refractivity (Wildman–Crippen MR) is 76.5 cm³/mol. The summed E-state index contributed by atoms with van der Waals surface area (Å²) in [4.78, 5) is 6.92. The second kappa shape index (κ2) is 7.70. The Morgan fingerprint density at radius 1 is 1.37 bits per heavy atom. The smallest absolute Gasteiger partial charge is 0.193 e. The SMILES string of the molecule is CCNC(=NCC1CCCO1)N(C)CC1CCOC1. The van der Waals surface area contributed by atoms with Gasteiger partial charge in [0, 0.05) is 39.3 Å². The van der Waals surface area contributed by atoms with Crippen LogP contribution in [0.2, 0.25) is 0 Å². The first kappa shape index (κ1) is 14.6. The Kier molecular flexibility index (Phi) is 5.92. The molecule has 2 fully saturated rings. The summed E-state index contributed by atoms with van der Waals surface area (Å²) in [7, 11) is 2.11.